The fourth-order valence-electron chi connectivity index (χ4n) is 6.78. The van der Waals surface area contributed by atoms with Crippen LogP contribution in [0.15, 0.2) is 10.8 Å². The molecule has 4 aliphatic heterocycles. The second-order valence-corrected chi connectivity index (χ2v) is 17.0. The third kappa shape index (κ3) is 6.51. The fraction of sp³-hybridized carbons (Fsp3) is 0.543. The monoisotopic (exact) mass is 780 g/mol. The van der Waals surface area contributed by atoms with Crippen molar-refractivity contribution in [2.24, 2.45) is 10.8 Å². The van der Waals surface area contributed by atoms with Crippen LogP contribution in [0.1, 0.15) is 9.75 Å². The molecule has 4 aromatic heterocycles. The Morgan fingerprint density at radius 3 is 1.24 bits per heavy atom. The van der Waals surface area contributed by atoms with E-state index in [4.69, 9.17) is 56.8 Å². The molecule has 0 bridgehead atoms. The highest BCUT2D eigenvalue weighted by molar-refractivity contribution is 7.23. The van der Waals surface area contributed by atoms with Gasteiger partial charge in [0.15, 0.2) is 46.0 Å². The third-order valence-electron chi connectivity index (χ3n) is 9.01. The summed E-state index contributed by atoms with van der Waals surface area (Å²) in [6, 6.07) is 0. The second-order valence-electron chi connectivity index (χ2n) is 13.0. The molecule has 0 unspecified atom stereocenters. The van der Waals surface area contributed by atoms with Crippen LogP contribution in [0, 0.1) is 10.8 Å². The van der Waals surface area contributed by atoms with Crippen LogP contribution in [0.5, 0.6) is 46.0 Å². The zero-order valence-corrected chi connectivity index (χ0v) is 32.1. The van der Waals surface area contributed by atoms with Crippen LogP contribution in [0.3, 0.4) is 0 Å². The Hall–Kier alpha value is -2.96. The van der Waals surface area contributed by atoms with E-state index in [1.165, 1.54) is 0 Å². The van der Waals surface area contributed by atoms with Crippen molar-refractivity contribution >= 4 is 45.3 Å². The van der Waals surface area contributed by atoms with Crippen LogP contribution < -0.4 is 37.9 Å². The highest BCUT2D eigenvalue weighted by Gasteiger charge is 2.40. The van der Waals surface area contributed by atoms with Crippen LogP contribution in [0.2, 0.25) is 0 Å². The van der Waals surface area contributed by atoms with Gasteiger partial charge in [-0.2, -0.15) is 0 Å². The van der Waals surface area contributed by atoms with Crippen molar-refractivity contribution in [3.05, 3.63) is 20.5 Å². The molecule has 0 radical (unpaired) electrons. The van der Waals surface area contributed by atoms with Gasteiger partial charge in [0.25, 0.3) is 0 Å². The van der Waals surface area contributed by atoms with E-state index in [2.05, 4.69) is 0 Å². The molecule has 0 N–H and O–H groups in total. The summed E-state index contributed by atoms with van der Waals surface area (Å²) < 4.78 is 72.9. The molecule has 51 heavy (non-hydrogen) atoms. The highest BCUT2D eigenvalue weighted by atomic mass is 32.1. The van der Waals surface area contributed by atoms with Crippen molar-refractivity contribution < 1.29 is 56.8 Å². The maximum absolute atomic E-state index is 6.49. The van der Waals surface area contributed by atoms with E-state index in [0.717, 1.165) is 52.3 Å². The molecule has 4 aromatic rings. The van der Waals surface area contributed by atoms with Crippen molar-refractivity contribution in [2.45, 2.75) is 6.42 Å². The van der Waals surface area contributed by atoms with Gasteiger partial charge >= 0.3 is 0 Å². The maximum Gasteiger partial charge on any atom is 0.181 e. The van der Waals surface area contributed by atoms with Crippen molar-refractivity contribution in [3.8, 4) is 65.5 Å². The lowest BCUT2D eigenvalue weighted by molar-refractivity contribution is -0.0360. The predicted molar refractivity (Wildman–Crippen MR) is 194 cm³/mol. The molecule has 8 heterocycles. The molecule has 0 saturated heterocycles. The van der Waals surface area contributed by atoms with Gasteiger partial charge in [0.05, 0.1) is 66.5 Å². The second kappa shape index (κ2) is 14.8. The Kier molecular flexibility index (Phi) is 10.2. The first-order valence-electron chi connectivity index (χ1n) is 16.5. The summed E-state index contributed by atoms with van der Waals surface area (Å²) in [4.78, 5) is 5.85. The summed E-state index contributed by atoms with van der Waals surface area (Å²) in [6.45, 7) is 5.30. The fourth-order valence-corrected chi connectivity index (χ4v) is 11.4. The minimum Gasteiger partial charge on any atom is -0.488 e. The molecule has 8 rings (SSSR count). The van der Waals surface area contributed by atoms with E-state index in [-0.39, 0.29) is 0 Å². The lowest BCUT2D eigenvalue weighted by Gasteiger charge is -2.29. The van der Waals surface area contributed by atoms with Crippen molar-refractivity contribution in [1.82, 2.24) is 0 Å². The minimum absolute atomic E-state index is 0.394. The van der Waals surface area contributed by atoms with E-state index in [9.17, 15) is 0 Å². The SMILES string of the molecule is COCC1(COC)COc2csc(-c3sc(Cc4sc(-c5scc6c5OCC(COC)(COC)CO6)c5c4OCCO5)c4c3OCCO4)c2OC1. The molecule has 276 valence electrons. The maximum atomic E-state index is 6.49. The lowest BCUT2D eigenvalue weighted by atomic mass is 9.92. The summed E-state index contributed by atoms with van der Waals surface area (Å²) in [5.41, 5.74) is -0.853. The van der Waals surface area contributed by atoms with E-state index in [1.54, 1.807) is 73.8 Å². The van der Waals surface area contributed by atoms with Crippen molar-refractivity contribution in [2.75, 3.05) is 108 Å². The first kappa shape index (κ1) is 35.1. The van der Waals surface area contributed by atoms with Gasteiger partial charge in [0.2, 0.25) is 0 Å². The van der Waals surface area contributed by atoms with Gasteiger partial charge in [0.1, 0.15) is 52.9 Å². The van der Waals surface area contributed by atoms with E-state index in [0.29, 0.717) is 109 Å². The largest absolute Gasteiger partial charge is 0.488 e. The van der Waals surface area contributed by atoms with Gasteiger partial charge in [-0.05, 0) is 0 Å². The molecule has 0 saturated carbocycles. The van der Waals surface area contributed by atoms with Gasteiger partial charge in [-0.3, -0.25) is 0 Å². The predicted octanol–water partition coefficient (Wildman–Crippen LogP) is 6.50. The molecular formula is C35H40O12S4. The molecule has 0 fully saturated rings. The van der Waals surface area contributed by atoms with Crippen molar-refractivity contribution in [3.63, 3.8) is 0 Å². The molecule has 0 amide bonds. The summed E-state index contributed by atoms with van der Waals surface area (Å²) >= 11 is 6.43. The topological polar surface area (TPSA) is 111 Å². The average molecular weight is 781 g/mol. The quantitative estimate of drug-likeness (QED) is 0.157. The Bertz CT molecular complexity index is 1700. The van der Waals surface area contributed by atoms with Crippen molar-refractivity contribution in [1.29, 1.82) is 0 Å². The highest BCUT2D eigenvalue weighted by Crippen LogP contribution is 2.60. The number of ether oxygens (including phenoxy) is 12. The average Bonchev–Trinajstić information content (AvgIpc) is 3.87. The number of thiophene rings is 4. The molecule has 12 nitrogen and oxygen atoms in total. The summed E-state index contributed by atoms with van der Waals surface area (Å²) in [7, 11) is 6.72. The Labute approximate surface area is 311 Å². The van der Waals surface area contributed by atoms with Gasteiger partial charge in [0, 0.05) is 45.6 Å². The van der Waals surface area contributed by atoms with Gasteiger partial charge in [-0.1, -0.05) is 0 Å². The van der Waals surface area contributed by atoms with E-state index < -0.39 is 10.8 Å². The Balaban J connectivity index is 1.12. The number of hydrogen-bond donors (Lipinski definition) is 0. The number of fused-ring (bicyclic) bond motifs is 4. The zero-order chi connectivity index (χ0) is 35.0. The third-order valence-corrected chi connectivity index (χ3v) is 13.5. The van der Waals surface area contributed by atoms with Crippen LogP contribution in [-0.4, -0.2) is 108 Å². The molecule has 0 aliphatic carbocycles. The first-order valence-corrected chi connectivity index (χ1v) is 19.9. The minimum atomic E-state index is -0.426. The van der Waals surface area contributed by atoms with Crippen LogP contribution >= 0.6 is 45.3 Å². The van der Waals surface area contributed by atoms with Gasteiger partial charge < -0.3 is 56.8 Å². The summed E-state index contributed by atoms with van der Waals surface area (Å²) in [5.74, 6) is 5.77. The van der Waals surface area contributed by atoms with Gasteiger partial charge in [-0.15, -0.1) is 45.3 Å². The summed E-state index contributed by atoms with van der Waals surface area (Å²) in [5, 5.41) is 3.99. The molecule has 0 aromatic carbocycles. The van der Waals surface area contributed by atoms with Crippen LogP contribution in [-0.2, 0) is 25.4 Å². The molecule has 4 aliphatic rings. The molecule has 0 spiro atoms. The van der Waals surface area contributed by atoms with E-state index >= 15 is 0 Å². The van der Waals surface area contributed by atoms with Crippen LogP contribution in [0.4, 0.5) is 0 Å². The number of rotatable bonds is 12. The van der Waals surface area contributed by atoms with E-state index in [1.807, 2.05) is 10.8 Å². The molecule has 16 heteroatoms. The van der Waals surface area contributed by atoms with Crippen LogP contribution in [0.25, 0.3) is 19.5 Å². The zero-order valence-electron chi connectivity index (χ0n) is 28.9. The summed E-state index contributed by atoms with van der Waals surface area (Å²) in [6.07, 6.45) is 0.568. The normalized spacial score (nSPS) is 18.3. The molecule has 0 atom stereocenters. The molecular weight excluding hydrogens is 741 g/mol. The number of methoxy groups -OCH3 is 4. The Morgan fingerprint density at radius 1 is 0.471 bits per heavy atom. The standard InChI is InChI=1S/C35H40O12S4/c1-36-12-34(13-37-2)16-44-20-10-48-30(24(20)46-18-34)32-28-26(40-5-7-42-28)22(50-32)9-23-27-29(43-8-6-41-27)33(51-23)31-25-21(11-49-31)45-17-35(14-38-3,15-39-4)19-47-25/h10-11H,5-9,12-19H2,1-4H3. The Morgan fingerprint density at radius 2 is 0.843 bits per heavy atom. The lowest BCUT2D eigenvalue weighted by Crippen LogP contribution is -2.42. The van der Waals surface area contributed by atoms with Gasteiger partial charge in [-0.25, -0.2) is 0 Å². The first-order chi connectivity index (χ1) is 25.0. The smallest absolute Gasteiger partial charge is 0.181 e. The number of hydrogen-bond acceptors (Lipinski definition) is 16.